The van der Waals surface area contributed by atoms with Crippen molar-refractivity contribution in [3.05, 3.63) is 101 Å². The second-order valence-electron chi connectivity index (χ2n) is 7.13. The summed E-state index contributed by atoms with van der Waals surface area (Å²) >= 11 is 1.48. The number of hydrogen-bond acceptors (Lipinski definition) is 5. The first-order valence-corrected chi connectivity index (χ1v) is 11.3. The minimum Gasteiger partial charge on any atom is -0.381 e. The Hall–Kier alpha value is -3.38. The van der Waals surface area contributed by atoms with Crippen molar-refractivity contribution >= 4 is 34.2 Å². The largest absolute Gasteiger partial charge is 0.381 e. The highest BCUT2D eigenvalue weighted by Gasteiger charge is 2.15. The lowest BCUT2D eigenvalue weighted by Gasteiger charge is -2.14. The van der Waals surface area contributed by atoms with Crippen molar-refractivity contribution in [2.45, 2.75) is 19.9 Å². The average Bonchev–Trinajstić information content (AvgIpc) is 2.84. The molecule has 0 aliphatic carbocycles. The van der Waals surface area contributed by atoms with E-state index in [0.717, 1.165) is 28.9 Å². The molecule has 0 aromatic heterocycles. The van der Waals surface area contributed by atoms with E-state index in [1.807, 2.05) is 66.7 Å². The average molecular weight is 429 g/mol. The van der Waals surface area contributed by atoms with Gasteiger partial charge in [-0.1, -0.05) is 79.3 Å². The molecule has 0 saturated heterocycles. The van der Waals surface area contributed by atoms with Crippen LogP contribution in [0.5, 0.6) is 0 Å². The maximum absolute atomic E-state index is 12.7. The second-order valence-corrected chi connectivity index (χ2v) is 8.09. The maximum Gasteiger partial charge on any atom is 0.257 e. The van der Waals surface area contributed by atoms with Crippen LogP contribution in [-0.4, -0.2) is 22.5 Å². The molecule has 1 amide bonds. The van der Waals surface area contributed by atoms with E-state index in [-0.39, 0.29) is 5.91 Å². The molecule has 31 heavy (non-hydrogen) atoms. The maximum atomic E-state index is 12.7. The number of para-hydroxylation sites is 1. The summed E-state index contributed by atoms with van der Waals surface area (Å²) in [4.78, 5) is 12.7. The molecule has 1 aliphatic heterocycles. The molecule has 0 radical (unpaired) electrons. The van der Waals surface area contributed by atoms with Gasteiger partial charge in [-0.3, -0.25) is 10.1 Å². The number of hydrogen-bond donors (Lipinski definition) is 2. The Morgan fingerprint density at radius 3 is 2.55 bits per heavy atom. The monoisotopic (exact) mass is 428 g/mol. The van der Waals surface area contributed by atoms with Crippen LogP contribution in [0.4, 0.5) is 5.69 Å². The lowest BCUT2D eigenvalue weighted by Crippen LogP contribution is -2.30. The van der Waals surface area contributed by atoms with E-state index in [9.17, 15) is 4.79 Å². The first-order valence-electron chi connectivity index (χ1n) is 10.3. The minimum absolute atomic E-state index is 0.180. The number of nitrogens with one attached hydrogen (secondary N) is 2. The molecule has 2 N–H and O–H groups in total. The van der Waals surface area contributed by atoms with Gasteiger partial charge in [-0.25, -0.2) is 0 Å². The van der Waals surface area contributed by atoms with Gasteiger partial charge in [0.05, 0.1) is 5.71 Å². The summed E-state index contributed by atoms with van der Waals surface area (Å²) in [5.74, 6) is 0.490. The predicted molar refractivity (Wildman–Crippen MR) is 130 cm³/mol. The Kier molecular flexibility index (Phi) is 6.79. The fraction of sp³-hybridized carbons (Fsp3) is 0.160. The number of carbonyl (C=O) groups is 1. The molecule has 3 aromatic rings. The van der Waals surface area contributed by atoms with Crippen LogP contribution in [0.25, 0.3) is 0 Å². The van der Waals surface area contributed by atoms with Crippen molar-refractivity contribution in [1.82, 2.24) is 5.32 Å². The van der Waals surface area contributed by atoms with Gasteiger partial charge < -0.3 is 5.32 Å². The summed E-state index contributed by atoms with van der Waals surface area (Å²) in [6.07, 6.45) is 0.972. The molecule has 6 heteroatoms. The van der Waals surface area contributed by atoms with Crippen LogP contribution >= 0.6 is 11.8 Å². The highest BCUT2D eigenvalue weighted by molar-refractivity contribution is 8.14. The summed E-state index contributed by atoms with van der Waals surface area (Å²) in [7, 11) is 0. The van der Waals surface area contributed by atoms with Gasteiger partial charge in [0.25, 0.3) is 5.91 Å². The number of anilines is 1. The Bertz CT molecular complexity index is 1130. The standard InChI is InChI=1S/C25H24N4OS/c1-2-19-10-6-7-14-22(19)26-16-18-9-8-13-21(15-18)24(30)27-25-29-28-23(17-31-25)20-11-4-3-5-12-20/h3-15,26H,2,16-17H2,1H3,(H,27,29,30). The molecule has 0 saturated carbocycles. The van der Waals surface area contributed by atoms with Crippen LogP contribution in [0, 0.1) is 0 Å². The minimum atomic E-state index is -0.180. The highest BCUT2D eigenvalue weighted by Crippen LogP contribution is 2.18. The van der Waals surface area contributed by atoms with Crippen LogP contribution in [0.2, 0.25) is 0 Å². The molecule has 0 fully saturated rings. The fourth-order valence-electron chi connectivity index (χ4n) is 3.32. The smallest absolute Gasteiger partial charge is 0.257 e. The number of rotatable bonds is 6. The molecule has 3 aromatic carbocycles. The van der Waals surface area contributed by atoms with Gasteiger partial charge in [-0.15, -0.1) is 5.10 Å². The summed E-state index contributed by atoms with van der Waals surface area (Å²) in [6.45, 7) is 2.79. The number of thioether (sulfide) groups is 1. The van der Waals surface area contributed by atoms with Crippen molar-refractivity contribution in [1.29, 1.82) is 0 Å². The SMILES string of the molecule is CCc1ccccc1NCc1cccc(C(=O)NC2=NN=C(c3ccccc3)CS2)c1. The molecular formula is C25H24N4OS. The zero-order valence-corrected chi connectivity index (χ0v) is 18.2. The number of carbonyl (C=O) groups excluding carboxylic acids is 1. The zero-order chi connectivity index (χ0) is 21.5. The van der Waals surface area contributed by atoms with E-state index in [2.05, 4.69) is 39.9 Å². The summed E-state index contributed by atoms with van der Waals surface area (Å²) < 4.78 is 0. The Balaban J connectivity index is 1.39. The number of amidine groups is 1. The van der Waals surface area contributed by atoms with Gasteiger partial charge in [-0.05, 0) is 41.3 Å². The van der Waals surface area contributed by atoms with Crippen LogP contribution in [0.1, 0.15) is 34.0 Å². The quantitative estimate of drug-likeness (QED) is 0.574. The summed E-state index contributed by atoms with van der Waals surface area (Å²) in [6, 6.07) is 25.9. The molecular weight excluding hydrogens is 404 g/mol. The number of benzene rings is 3. The van der Waals surface area contributed by atoms with Crippen LogP contribution in [-0.2, 0) is 13.0 Å². The van der Waals surface area contributed by atoms with Gasteiger partial charge in [0.1, 0.15) is 0 Å². The molecule has 1 heterocycles. The molecule has 0 atom stereocenters. The highest BCUT2D eigenvalue weighted by atomic mass is 32.2. The van der Waals surface area contributed by atoms with Gasteiger partial charge in [0.2, 0.25) is 0 Å². The molecule has 156 valence electrons. The molecule has 5 nitrogen and oxygen atoms in total. The lowest BCUT2D eigenvalue weighted by molar-refractivity contribution is 0.0978. The third kappa shape index (κ3) is 5.41. The van der Waals surface area contributed by atoms with Crippen molar-refractivity contribution in [2.24, 2.45) is 10.2 Å². The second kappa shape index (κ2) is 10.1. The van der Waals surface area contributed by atoms with E-state index in [1.54, 1.807) is 0 Å². The van der Waals surface area contributed by atoms with Crippen molar-refractivity contribution < 1.29 is 4.79 Å². The van der Waals surface area contributed by atoms with Crippen molar-refractivity contribution in [3.8, 4) is 0 Å². The summed E-state index contributed by atoms with van der Waals surface area (Å²) in [5.41, 5.74) is 6.00. The fourth-order valence-corrected chi connectivity index (χ4v) is 4.08. The van der Waals surface area contributed by atoms with Gasteiger partial charge in [-0.2, -0.15) is 5.10 Å². The summed E-state index contributed by atoms with van der Waals surface area (Å²) in [5, 5.41) is 15.3. The van der Waals surface area contributed by atoms with Gasteiger partial charge >= 0.3 is 0 Å². The normalized spacial score (nSPS) is 13.2. The van der Waals surface area contributed by atoms with Crippen LogP contribution in [0.15, 0.2) is 89.1 Å². The van der Waals surface area contributed by atoms with Crippen molar-refractivity contribution in [3.63, 3.8) is 0 Å². The Morgan fingerprint density at radius 1 is 0.968 bits per heavy atom. The van der Waals surface area contributed by atoms with E-state index < -0.39 is 0 Å². The lowest BCUT2D eigenvalue weighted by atomic mass is 10.1. The van der Waals surface area contributed by atoms with E-state index in [1.165, 1.54) is 17.3 Å². The first-order chi connectivity index (χ1) is 15.2. The Morgan fingerprint density at radius 2 is 1.77 bits per heavy atom. The van der Waals surface area contributed by atoms with E-state index >= 15 is 0 Å². The molecule has 0 unspecified atom stereocenters. The number of aryl methyl sites for hydroxylation is 1. The van der Waals surface area contributed by atoms with E-state index in [4.69, 9.17) is 0 Å². The zero-order valence-electron chi connectivity index (χ0n) is 17.3. The molecule has 0 bridgehead atoms. The van der Waals surface area contributed by atoms with Crippen LogP contribution < -0.4 is 10.6 Å². The number of nitrogens with zero attached hydrogens (tertiary/aromatic N) is 2. The molecule has 4 rings (SSSR count). The van der Waals surface area contributed by atoms with Gasteiger partial charge in [0.15, 0.2) is 5.17 Å². The predicted octanol–water partition coefficient (Wildman–Crippen LogP) is 5.10. The Labute approximate surface area is 186 Å². The topological polar surface area (TPSA) is 65.8 Å². The van der Waals surface area contributed by atoms with Gasteiger partial charge in [0, 0.05) is 23.5 Å². The first kappa shape index (κ1) is 20.9. The molecule has 1 aliphatic rings. The third-order valence-corrected chi connectivity index (χ3v) is 5.88. The third-order valence-electron chi connectivity index (χ3n) is 5.01. The van der Waals surface area contributed by atoms with E-state index in [0.29, 0.717) is 23.0 Å². The van der Waals surface area contributed by atoms with Crippen molar-refractivity contribution in [2.75, 3.05) is 11.1 Å². The van der Waals surface area contributed by atoms with Crippen LogP contribution in [0.3, 0.4) is 0 Å². The number of amides is 1. The molecule has 0 spiro atoms.